The summed E-state index contributed by atoms with van der Waals surface area (Å²) >= 11 is 0. The average molecular weight is 340 g/mol. The van der Waals surface area contributed by atoms with Crippen molar-refractivity contribution in [2.45, 2.75) is 37.5 Å². The maximum atomic E-state index is 12.7. The highest BCUT2D eigenvalue weighted by molar-refractivity contribution is 7.89. The summed E-state index contributed by atoms with van der Waals surface area (Å²) in [5, 5.41) is 3.16. The van der Waals surface area contributed by atoms with Crippen LogP contribution < -0.4 is 10.1 Å². The van der Waals surface area contributed by atoms with Gasteiger partial charge in [0.2, 0.25) is 10.0 Å². The lowest BCUT2D eigenvalue weighted by Gasteiger charge is -2.31. The highest BCUT2D eigenvalue weighted by Crippen LogP contribution is 2.26. The van der Waals surface area contributed by atoms with Crippen molar-refractivity contribution >= 4 is 10.0 Å². The Morgan fingerprint density at radius 1 is 1.22 bits per heavy atom. The first kappa shape index (κ1) is 18.2. The van der Waals surface area contributed by atoms with Crippen molar-refractivity contribution < 1.29 is 13.2 Å². The van der Waals surface area contributed by atoms with Crippen molar-refractivity contribution in [2.24, 2.45) is 5.92 Å². The summed E-state index contributed by atoms with van der Waals surface area (Å²) in [7, 11) is -1.43. The molecule has 0 aliphatic carbocycles. The molecule has 0 amide bonds. The molecule has 1 fully saturated rings. The normalized spacial score (nSPS) is 17.3. The van der Waals surface area contributed by atoms with Crippen LogP contribution in [-0.2, 0) is 10.0 Å². The first-order valence-electron chi connectivity index (χ1n) is 8.45. The third-order valence-corrected chi connectivity index (χ3v) is 6.22. The summed E-state index contributed by atoms with van der Waals surface area (Å²) in [5.74, 6) is 1.34. The number of piperidine rings is 1. The van der Waals surface area contributed by atoms with E-state index in [1.807, 2.05) is 14.0 Å². The summed E-state index contributed by atoms with van der Waals surface area (Å²) in [5.41, 5.74) is 0. The molecule has 1 aliphatic rings. The van der Waals surface area contributed by atoms with Crippen LogP contribution in [0.1, 0.15) is 32.6 Å². The van der Waals surface area contributed by atoms with Gasteiger partial charge < -0.3 is 10.1 Å². The maximum Gasteiger partial charge on any atom is 0.243 e. The zero-order valence-corrected chi connectivity index (χ0v) is 14.9. The molecule has 1 aliphatic heterocycles. The molecule has 0 saturated carbocycles. The van der Waals surface area contributed by atoms with Gasteiger partial charge in [0, 0.05) is 13.1 Å². The van der Waals surface area contributed by atoms with Gasteiger partial charge in [-0.05, 0) is 69.5 Å². The number of rotatable bonds is 8. The Balaban J connectivity index is 1.96. The van der Waals surface area contributed by atoms with Crippen LogP contribution in [0, 0.1) is 5.92 Å². The zero-order valence-electron chi connectivity index (χ0n) is 14.1. The quantitative estimate of drug-likeness (QED) is 0.790. The second-order valence-corrected chi connectivity index (χ2v) is 8.00. The Bertz CT molecular complexity index is 564. The van der Waals surface area contributed by atoms with Crippen LogP contribution in [0.3, 0.4) is 0 Å². The number of hydrogen-bond acceptors (Lipinski definition) is 4. The summed E-state index contributed by atoms with van der Waals surface area (Å²) < 4.78 is 32.5. The van der Waals surface area contributed by atoms with E-state index in [-0.39, 0.29) is 0 Å². The molecule has 1 aromatic rings. The van der Waals surface area contributed by atoms with Crippen LogP contribution in [0.2, 0.25) is 0 Å². The van der Waals surface area contributed by atoms with Crippen molar-refractivity contribution in [3.63, 3.8) is 0 Å². The second kappa shape index (κ2) is 8.66. The van der Waals surface area contributed by atoms with Crippen LogP contribution in [0.5, 0.6) is 5.75 Å². The van der Waals surface area contributed by atoms with Gasteiger partial charge in [0.05, 0.1) is 11.5 Å². The van der Waals surface area contributed by atoms with Gasteiger partial charge in [-0.1, -0.05) is 6.92 Å². The molecule has 0 aromatic heterocycles. The lowest BCUT2D eigenvalue weighted by atomic mass is 9.95. The molecule has 0 spiro atoms. The third-order valence-electron chi connectivity index (χ3n) is 4.31. The first-order chi connectivity index (χ1) is 11.1. The van der Waals surface area contributed by atoms with E-state index in [0.717, 1.165) is 38.0 Å². The van der Waals surface area contributed by atoms with Gasteiger partial charge in [0.25, 0.3) is 0 Å². The molecule has 23 heavy (non-hydrogen) atoms. The molecule has 1 aromatic carbocycles. The third kappa shape index (κ3) is 4.93. The topological polar surface area (TPSA) is 58.6 Å². The predicted molar refractivity (Wildman–Crippen MR) is 92.3 cm³/mol. The van der Waals surface area contributed by atoms with E-state index in [9.17, 15) is 8.42 Å². The SMILES string of the molecule is CCCOc1ccc(S(=O)(=O)N2CCC(CCNC)CC2)cc1. The molecule has 1 N–H and O–H groups in total. The largest absolute Gasteiger partial charge is 0.494 e. The second-order valence-electron chi connectivity index (χ2n) is 6.06. The van der Waals surface area contributed by atoms with E-state index < -0.39 is 10.0 Å². The number of nitrogens with zero attached hydrogens (tertiary/aromatic N) is 1. The predicted octanol–water partition coefficient (Wildman–Crippen LogP) is 2.49. The molecular formula is C17H28N2O3S. The molecule has 0 atom stereocenters. The molecule has 5 nitrogen and oxygen atoms in total. The minimum atomic E-state index is -3.38. The van der Waals surface area contributed by atoms with Gasteiger partial charge in [-0.2, -0.15) is 4.31 Å². The standard InChI is InChI=1S/C17H28N2O3S/c1-3-14-22-16-4-6-17(7-5-16)23(20,21)19-12-9-15(10-13-19)8-11-18-2/h4-7,15,18H,3,8-14H2,1-2H3. The molecule has 0 radical (unpaired) electrons. The molecule has 0 bridgehead atoms. The molecule has 130 valence electrons. The fourth-order valence-electron chi connectivity index (χ4n) is 2.86. The summed E-state index contributed by atoms with van der Waals surface area (Å²) in [4.78, 5) is 0.357. The Hall–Kier alpha value is -1.11. The van der Waals surface area contributed by atoms with Crippen molar-refractivity contribution in [1.82, 2.24) is 9.62 Å². The highest BCUT2D eigenvalue weighted by atomic mass is 32.2. The van der Waals surface area contributed by atoms with Crippen LogP contribution in [0.25, 0.3) is 0 Å². The van der Waals surface area contributed by atoms with E-state index in [1.165, 1.54) is 0 Å². The van der Waals surface area contributed by atoms with Crippen molar-refractivity contribution in [3.05, 3.63) is 24.3 Å². The molecular weight excluding hydrogens is 312 g/mol. The van der Waals surface area contributed by atoms with Crippen molar-refractivity contribution in [1.29, 1.82) is 0 Å². The first-order valence-corrected chi connectivity index (χ1v) is 9.89. The minimum Gasteiger partial charge on any atom is -0.494 e. The van der Waals surface area contributed by atoms with Crippen molar-refractivity contribution in [3.8, 4) is 5.75 Å². The summed E-state index contributed by atoms with van der Waals surface area (Å²) in [6.45, 7) is 4.91. The Kier molecular flexibility index (Phi) is 6.87. The van der Waals surface area contributed by atoms with Crippen LogP contribution >= 0.6 is 0 Å². The lowest BCUT2D eigenvalue weighted by Crippen LogP contribution is -2.38. The monoisotopic (exact) mass is 340 g/mol. The number of sulfonamides is 1. The number of ether oxygens (including phenoxy) is 1. The molecule has 1 heterocycles. The molecule has 6 heteroatoms. The Morgan fingerprint density at radius 2 is 1.87 bits per heavy atom. The number of nitrogens with one attached hydrogen (secondary N) is 1. The van der Waals surface area contributed by atoms with E-state index >= 15 is 0 Å². The van der Waals surface area contributed by atoms with Gasteiger partial charge in [0.15, 0.2) is 0 Å². The van der Waals surface area contributed by atoms with E-state index in [2.05, 4.69) is 5.32 Å². The van der Waals surface area contributed by atoms with Gasteiger partial charge in [-0.15, -0.1) is 0 Å². The number of hydrogen-bond donors (Lipinski definition) is 1. The highest BCUT2D eigenvalue weighted by Gasteiger charge is 2.29. The van der Waals surface area contributed by atoms with Gasteiger partial charge in [0.1, 0.15) is 5.75 Å². The lowest BCUT2D eigenvalue weighted by molar-refractivity contribution is 0.263. The van der Waals surface area contributed by atoms with Crippen LogP contribution in [0.4, 0.5) is 0 Å². The molecule has 2 rings (SSSR count). The van der Waals surface area contributed by atoms with Gasteiger partial charge in [-0.25, -0.2) is 8.42 Å². The Morgan fingerprint density at radius 3 is 2.43 bits per heavy atom. The average Bonchev–Trinajstić information content (AvgIpc) is 2.59. The van der Waals surface area contributed by atoms with E-state index in [0.29, 0.717) is 30.5 Å². The number of benzene rings is 1. The summed E-state index contributed by atoms with van der Waals surface area (Å²) in [6.07, 6.45) is 3.94. The van der Waals surface area contributed by atoms with E-state index in [4.69, 9.17) is 4.74 Å². The smallest absolute Gasteiger partial charge is 0.243 e. The minimum absolute atomic E-state index is 0.357. The van der Waals surface area contributed by atoms with Gasteiger partial charge >= 0.3 is 0 Å². The van der Waals surface area contributed by atoms with Crippen LogP contribution in [-0.4, -0.2) is 46.0 Å². The van der Waals surface area contributed by atoms with Crippen molar-refractivity contribution in [2.75, 3.05) is 33.3 Å². The Labute approximate surface area is 140 Å². The molecule has 1 saturated heterocycles. The fourth-order valence-corrected chi connectivity index (χ4v) is 4.33. The van der Waals surface area contributed by atoms with E-state index in [1.54, 1.807) is 28.6 Å². The van der Waals surface area contributed by atoms with Gasteiger partial charge in [-0.3, -0.25) is 0 Å². The fraction of sp³-hybridized carbons (Fsp3) is 0.647. The summed E-state index contributed by atoms with van der Waals surface area (Å²) in [6, 6.07) is 6.77. The zero-order chi connectivity index (χ0) is 16.7. The maximum absolute atomic E-state index is 12.7. The van der Waals surface area contributed by atoms with Crippen LogP contribution in [0.15, 0.2) is 29.2 Å². The molecule has 0 unspecified atom stereocenters.